The van der Waals surface area contributed by atoms with Gasteiger partial charge < -0.3 is 24.4 Å². The zero-order valence-corrected chi connectivity index (χ0v) is 18.1. The van der Waals surface area contributed by atoms with E-state index in [0.29, 0.717) is 54.0 Å². The Balaban J connectivity index is 1.81. The summed E-state index contributed by atoms with van der Waals surface area (Å²) in [5.74, 6) is -0.543. The molecule has 2 aromatic rings. The predicted octanol–water partition coefficient (Wildman–Crippen LogP) is 3.09. The summed E-state index contributed by atoms with van der Waals surface area (Å²) >= 11 is 6.04. The number of fused-ring (bicyclic) bond motifs is 1. The highest BCUT2D eigenvalue weighted by Gasteiger charge is 2.45. The largest absolute Gasteiger partial charge is 0.507 e. The maximum Gasteiger partial charge on any atom is 0.295 e. The Morgan fingerprint density at radius 3 is 2.45 bits per heavy atom. The molecule has 0 bridgehead atoms. The van der Waals surface area contributed by atoms with E-state index in [1.54, 1.807) is 42.5 Å². The number of carbonyl (C=O) groups excluding carboxylic acids is 2. The second-order valence-corrected chi connectivity index (χ2v) is 8.14. The van der Waals surface area contributed by atoms with E-state index < -0.39 is 17.7 Å². The third-order valence-electron chi connectivity index (χ3n) is 5.33. The number of carbonyl (C=O) groups is 2. The molecule has 2 heterocycles. The van der Waals surface area contributed by atoms with Crippen LogP contribution in [0.2, 0.25) is 5.02 Å². The van der Waals surface area contributed by atoms with Crippen LogP contribution in [0.4, 0.5) is 0 Å². The number of halogens is 1. The van der Waals surface area contributed by atoms with Crippen LogP contribution in [0.5, 0.6) is 11.5 Å². The summed E-state index contributed by atoms with van der Waals surface area (Å²) in [6.45, 7) is 1.76. The number of ketones is 1. The van der Waals surface area contributed by atoms with Crippen LogP contribution in [-0.4, -0.2) is 67.0 Å². The Morgan fingerprint density at radius 1 is 1.10 bits per heavy atom. The van der Waals surface area contributed by atoms with Gasteiger partial charge in [-0.2, -0.15) is 0 Å². The van der Waals surface area contributed by atoms with E-state index in [0.717, 1.165) is 0 Å². The van der Waals surface area contributed by atoms with Crippen molar-refractivity contribution in [1.29, 1.82) is 0 Å². The van der Waals surface area contributed by atoms with E-state index in [2.05, 4.69) is 0 Å². The summed E-state index contributed by atoms with van der Waals surface area (Å²) in [6, 6.07) is 11.2. The van der Waals surface area contributed by atoms with Crippen LogP contribution in [0.25, 0.3) is 5.76 Å². The number of nitrogens with zero attached hydrogens (tertiary/aromatic N) is 2. The highest BCUT2D eigenvalue weighted by molar-refractivity contribution is 6.46. The molecule has 2 aromatic carbocycles. The van der Waals surface area contributed by atoms with E-state index in [9.17, 15) is 14.7 Å². The normalized spacial score (nSPS) is 19.9. The van der Waals surface area contributed by atoms with Crippen molar-refractivity contribution < 1.29 is 24.2 Å². The summed E-state index contributed by atoms with van der Waals surface area (Å²) < 4.78 is 11.1. The maximum atomic E-state index is 13.0. The molecule has 1 amide bonds. The minimum Gasteiger partial charge on any atom is -0.507 e. The zero-order valence-electron chi connectivity index (χ0n) is 17.3. The lowest BCUT2D eigenvalue weighted by Gasteiger charge is -2.26. The van der Waals surface area contributed by atoms with Crippen molar-refractivity contribution in [3.63, 3.8) is 0 Å². The van der Waals surface area contributed by atoms with E-state index in [1.165, 1.54) is 4.90 Å². The highest BCUT2D eigenvalue weighted by atomic mass is 35.5. The fraction of sp³-hybridized carbons (Fsp3) is 0.304. The lowest BCUT2D eigenvalue weighted by molar-refractivity contribution is -0.140. The molecule has 162 valence electrons. The summed E-state index contributed by atoms with van der Waals surface area (Å²) in [7, 11) is 3.78. The van der Waals surface area contributed by atoms with Crippen molar-refractivity contribution in [2.75, 3.05) is 40.4 Å². The van der Waals surface area contributed by atoms with Gasteiger partial charge in [-0.15, -0.1) is 0 Å². The maximum absolute atomic E-state index is 13.0. The lowest BCUT2D eigenvalue weighted by atomic mass is 9.95. The quantitative estimate of drug-likeness (QED) is 0.435. The van der Waals surface area contributed by atoms with Crippen LogP contribution < -0.4 is 9.47 Å². The third kappa shape index (κ3) is 4.11. The van der Waals surface area contributed by atoms with Gasteiger partial charge in [0.25, 0.3) is 11.7 Å². The molecule has 2 aliphatic heterocycles. The second kappa shape index (κ2) is 8.61. The summed E-state index contributed by atoms with van der Waals surface area (Å²) in [6.07, 6.45) is 0. The first-order valence-electron chi connectivity index (χ1n) is 9.95. The van der Waals surface area contributed by atoms with Crippen LogP contribution in [-0.2, 0) is 9.59 Å². The molecule has 1 atom stereocenters. The Kier molecular flexibility index (Phi) is 5.89. The number of hydrogen-bond acceptors (Lipinski definition) is 6. The van der Waals surface area contributed by atoms with E-state index >= 15 is 0 Å². The Hall–Kier alpha value is -3.03. The molecule has 1 saturated heterocycles. The van der Waals surface area contributed by atoms with Gasteiger partial charge in [-0.1, -0.05) is 23.7 Å². The summed E-state index contributed by atoms with van der Waals surface area (Å²) in [5, 5.41) is 11.7. The Labute approximate surface area is 185 Å². The van der Waals surface area contributed by atoms with Gasteiger partial charge in [-0.3, -0.25) is 9.59 Å². The number of hydrogen-bond donors (Lipinski definition) is 1. The monoisotopic (exact) mass is 442 g/mol. The van der Waals surface area contributed by atoms with Crippen LogP contribution in [0.15, 0.2) is 48.0 Å². The van der Waals surface area contributed by atoms with Crippen LogP contribution >= 0.6 is 11.6 Å². The summed E-state index contributed by atoms with van der Waals surface area (Å²) in [5.41, 5.74) is 1.12. The molecule has 0 radical (unpaired) electrons. The van der Waals surface area contributed by atoms with E-state index in [-0.39, 0.29) is 11.3 Å². The fourth-order valence-corrected chi connectivity index (χ4v) is 3.88. The Bertz CT molecular complexity index is 1050. The number of aliphatic hydroxyl groups is 1. The molecule has 0 aliphatic carbocycles. The first-order chi connectivity index (χ1) is 14.9. The number of benzene rings is 2. The van der Waals surface area contributed by atoms with E-state index in [4.69, 9.17) is 21.1 Å². The minimum atomic E-state index is -0.717. The average Bonchev–Trinajstić information content (AvgIpc) is 3.02. The molecule has 7 nitrogen and oxygen atoms in total. The smallest absolute Gasteiger partial charge is 0.295 e. The van der Waals surface area contributed by atoms with Crippen molar-refractivity contribution in [2.45, 2.75) is 6.04 Å². The molecule has 2 aliphatic rings. The lowest BCUT2D eigenvalue weighted by Crippen LogP contribution is -2.35. The standard InChI is InChI=1S/C23H23ClN2O5/c1-25(2)9-10-26-20(14-3-6-16(24)7-4-14)19(22(28)23(26)29)21(27)15-5-8-17-18(13-15)31-12-11-30-17/h3-8,13,20,27H,9-12H2,1-2H3/t20-/m1/s1. The minimum absolute atomic E-state index is 0.0442. The number of likely N-dealkylation sites (N-methyl/N-ethyl adjacent to an activating group) is 1. The van der Waals surface area contributed by atoms with Gasteiger partial charge in [-0.05, 0) is 50.0 Å². The predicted molar refractivity (Wildman–Crippen MR) is 116 cm³/mol. The molecule has 31 heavy (non-hydrogen) atoms. The molecule has 0 aromatic heterocycles. The van der Waals surface area contributed by atoms with Crippen LogP contribution in [0.1, 0.15) is 17.2 Å². The molecule has 1 fully saturated rings. The van der Waals surface area contributed by atoms with Crippen molar-refractivity contribution in [2.24, 2.45) is 0 Å². The molecular weight excluding hydrogens is 420 g/mol. The number of ether oxygens (including phenoxy) is 2. The number of amides is 1. The number of rotatable bonds is 5. The van der Waals surface area contributed by atoms with Gasteiger partial charge in [0.2, 0.25) is 0 Å². The van der Waals surface area contributed by atoms with Gasteiger partial charge in [0, 0.05) is 23.7 Å². The average molecular weight is 443 g/mol. The first-order valence-corrected chi connectivity index (χ1v) is 10.3. The SMILES string of the molecule is CN(C)CCN1C(=O)C(=O)C(=C(O)c2ccc3c(c2)OCCO3)[C@H]1c1ccc(Cl)cc1. The molecule has 1 N–H and O–H groups in total. The van der Waals surface area contributed by atoms with Crippen molar-refractivity contribution >= 4 is 29.1 Å². The van der Waals surface area contributed by atoms with Crippen molar-refractivity contribution in [3.8, 4) is 11.5 Å². The topological polar surface area (TPSA) is 79.3 Å². The van der Waals surface area contributed by atoms with Crippen LogP contribution in [0.3, 0.4) is 0 Å². The molecule has 8 heteroatoms. The first kappa shape index (κ1) is 21.2. The van der Waals surface area contributed by atoms with Gasteiger partial charge in [0.1, 0.15) is 19.0 Å². The van der Waals surface area contributed by atoms with Crippen LogP contribution in [0, 0.1) is 0 Å². The van der Waals surface area contributed by atoms with Gasteiger partial charge in [0.05, 0.1) is 11.6 Å². The van der Waals surface area contributed by atoms with Gasteiger partial charge in [0.15, 0.2) is 11.5 Å². The number of likely N-dealkylation sites (tertiary alicyclic amines) is 1. The molecule has 0 unspecified atom stereocenters. The third-order valence-corrected chi connectivity index (χ3v) is 5.58. The highest BCUT2D eigenvalue weighted by Crippen LogP contribution is 2.41. The number of Topliss-reactive ketones (excluding diaryl/α,β-unsaturated/α-hetero) is 1. The fourth-order valence-electron chi connectivity index (χ4n) is 3.76. The van der Waals surface area contributed by atoms with Gasteiger partial charge >= 0.3 is 0 Å². The molecule has 4 rings (SSSR count). The van der Waals surface area contributed by atoms with Crippen molar-refractivity contribution in [3.05, 3.63) is 64.2 Å². The Morgan fingerprint density at radius 2 is 1.77 bits per heavy atom. The van der Waals surface area contributed by atoms with Crippen molar-refractivity contribution in [1.82, 2.24) is 9.80 Å². The zero-order chi connectivity index (χ0) is 22.1. The molecular formula is C23H23ClN2O5. The molecule has 0 saturated carbocycles. The molecule has 0 spiro atoms. The van der Waals surface area contributed by atoms with E-state index in [1.807, 2.05) is 19.0 Å². The van der Waals surface area contributed by atoms with Gasteiger partial charge in [-0.25, -0.2) is 0 Å². The second-order valence-electron chi connectivity index (χ2n) is 7.71. The number of aliphatic hydroxyl groups excluding tert-OH is 1. The summed E-state index contributed by atoms with van der Waals surface area (Å²) in [4.78, 5) is 29.3.